The topological polar surface area (TPSA) is 50.1 Å². The maximum Gasteiger partial charge on any atom is 0.108 e. The van der Waals surface area contributed by atoms with Crippen molar-refractivity contribution in [2.24, 2.45) is 0 Å². The number of aromatic nitrogens is 2. The Morgan fingerprint density at radius 2 is 2.43 bits per heavy atom. The molecule has 0 radical (unpaired) electrons. The lowest BCUT2D eigenvalue weighted by molar-refractivity contribution is 0.153. The van der Waals surface area contributed by atoms with Crippen molar-refractivity contribution in [3.63, 3.8) is 0 Å². The van der Waals surface area contributed by atoms with Gasteiger partial charge in [0, 0.05) is 25.4 Å². The van der Waals surface area contributed by atoms with E-state index in [2.05, 4.69) is 17.2 Å². The molecule has 0 aliphatic carbocycles. The normalized spacial score (nSPS) is 13.1. The molecule has 1 aromatic heterocycles. The smallest absolute Gasteiger partial charge is 0.108 e. The van der Waals surface area contributed by atoms with E-state index in [4.69, 9.17) is 0 Å². The number of hydrogen-bond donors (Lipinski definition) is 2. The van der Waals surface area contributed by atoms with Gasteiger partial charge in [-0.3, -0.25) is 0 Å². The molecule has 80 valence electrons. The molecule has 0 aromatic carbocycles. The maximum atomic E-state index is 9.60. The van der Waals surface area contributed by atoms with Crippen LogP contribution < -0.4 is 5.32 Å². The molecule has 0 aliphatic heterocycles. The zero-order chi connectivity index (χ0) is 10.4. The van der Waals surface area contributed by atoms with Gasteiger partial charge in [-0.2, -0.15) is 0 Å². The molecule has 14 heavy (non-hydrogen) atoms. The van der Waals surface area contributed by atoms with Gasteiger partial charge in [-0.1, -0.05) is 6.92 Å². The molecular weight excluding hydrogens is 178 g/mol. The minimum absolute atomic E-state index is 0.343. The highest BCUT2D eigenvalue weighted by Gasteiger charge is 2.07. The Bertz CT molecular complexity index is 260. The number of imidazole rings is 1. The van der Waals surface area contributed by atoms with Gasteiger partial charge in [0.15, 0.2) is 0 Å². The van der Waals surface area contributed by atoms with E-state index in [1.807, 2.05) is 17.8 Å². The van der Waals surface area contributed by atoms with Gasteiger partial charge in [-0.05, 0) is 13.5 Å². The predicted molar refractivity (Wildman–Crippen MR) is 56.2 cm³/mol. The fourth-order valence-corrected chi connectivity index (χ4v) is 1.49. The monoisotopic (exact) mass is 197 g/mol. The Hall–Kier alpha value is -0.870. The van der Waals surface area contributed by atoms with Gasteiger partial charge in [-0.25, -0.2) is 4.98 Å². The zero-order valence-electron chi connectivity index (χ0n) is 8.90. The highest BCUT2D eigenvalue weighted by Crippen LogP contribution is 2.02. The largest absolute Gasteiger partial charge is 0.390 e. The lowest BCUT2D eigenvalue weighted by Gasteiger charge is -2.12. The van der Waals surface area contributed by atoms with Gasteiger partial charge in [0.25, 0.3) is 0 Å². The van der Waals surface area contributed by atoms with E-state index in [9.17, 15) is 5.11 Å². The van der Waals surface area contributed by atoms with Gasteiger partial charge < -0.3 is 15.0 Å². The van der Waals surface area contributed by atoms with Crippen LogP contribution in [0.2, 0.25) is 0 Å². The van der Waals surface area contributed by atoms with E-state index in [0.717, 1.165) is 18.7 Å². The van der Waals surface area contributed by atoms with Crippen molar-refractivity contribution in [3.8, 4) is 0 Å². The van der Waals surface area contributed by atoms with E-state index in [1.54, 1.807) is 6.20 Å². The highest BCUT2D eigenvalue weighted by molar-refractivity contribution is 4.92. The minimum Gasteiger partial charge on any atom is -0.390 e. The summed E-state index contributed by atoms with van der Waals surface area (Å²) in [6, 6.07) is 0. The van der Waals surface area contributed by atoms with Crippen LogP contribution in [0.5, 0.6) is 0 Å². The fourth-order valence-electron chi connectivity index (χ4n) is 1.49. The molecule has 1 atom stereocenters. The van der Waals surface area contributed by atoms with Crippen LogP contribution in [0, 0.1) is 0 Å². The molecule has 0 saturated heterocycles. The Morgan fingerprint density at radius 3 is 3.07 bits per heavy atom. The van der Waals surface area contributed by atoms with Gasteiger partial charge in [0.05, 0.1) is 12.6 Å². The first-order chi connectivity index (χ1) is 6.77. The van der Waals surface area contributed by atoms with Crippen LogP contribution in [-0.2, 0) is 13.0 Å². The molecule has 0 spiro atoms. The Balaban J connectivity index is 2.52. The summed E-state index contributed by atoms with van der Waals surface area (Å²) >= 11 is 0. The predicted octanol–water partition coefficient (Wildman–Crippen LogP) is 0.416. The Morgan fingerprint density at radius 1 is 1.64 bits per heavy atom. The van der Waals surface area contributed by atoms with Crippen LogP contribution in [0.4, 0.5) is 0 Å². The fraction of sp³-hybridized carbons (Fsp3) is 0.700. The molecule has 0 amide bonds. The van der Waals surface area contributed by atoms with Crippen molar-refractivity contribution >= 4 is 0 Å². The Kier molecular flexibility index (Phi) is 4.62. The van der Waals surface area contributed by atoms with Crippen LogP contribution in [0.1, 0.15) is 19.2 Å². The first-order valence-corrected chi connectivity index (χ1v) is 5.10. The molecule has 4 nitrogen and oxygen atoms in total. The van der Waals surface area contributed by atoms with Crippen molar-refractivity contribution < 1.29 is 5.11 Å². The molecule has 1 aromatic rings. The molecular formula is C10H19N3O. The maximum absolute atomic E-state index is 9.60. The van der Waals surface area contributed by atoms with Crippen molar-refractivity contribution in [2.75, 3.05) is 13.6 Å². The quantitative estimate of drug-likeness (QED) is 0.694. The van der Waals surface area contributed by atoms with E-state index in [-0.39, 0.29) is 6.10 Å². The lowest BCUT2D eigenvalue weighted by Crippen LogP contribution is -2.28. The molecule has 1 unspecified atom stereocenters. The van der Waals surface area contributed by atoms with Crippen molar-refractivity contribution in [1.29, 1.82) is 0 Å². The number of rotatable bonds is 6. The van der Waals surface area contributed by atoms with Gasteiger partial charge in [0.2, 0.25) is 0 Å². The molecule has 0 saturated carbocycles. The lowest BCUT2D eigenvalue weighted by atomic mass is 10.3. The highest BCUT2D eigenvalue weighted by atomic mass is 16.3. The molecule has 0 fully saturated rings. The van der Waals surface area contributed by atoms with Gasteiger partial charge in [-0.15, -0.1) is 0 Å². The van der Waals surface area contributed by atoms with Crippen LogP contribution in [0.25, 0.3) is 0 Å². The summed E-state index contributed by atoms with van der Waals surface area (Å²) < 4.78 is 2.02. The summed E-state index contributed by atoms with van der Waals surface area (Å²) in [5.41, 5.74) is 0. The molecule has 4 heteroatoms. The number of nitrogens with zero attached hydrogens (tertiary/aromatic N) is 2. The molecule has 1 heterocycles. The first kappa shape index (κ1) is 11.2. The number of likely N-dealkylation sites (N-methyl/N-ethyl adjacent to an activating group) is 1. The second-order valence-corrected chi connectivity index (χ2v) is 3.46. The van der Waals surface area contributed by atoms with Crippen LogP contribution in [0.3, 0.4) is 0 Å². The van der Waals surface area contributed by atoms with Crippen LogP contribution in [-0.4, -0.2) is 34.4 Å². The molecule has 2 N–H and O–H groups in total. The first-order valence-electron chi connectivity index (χ1n) is 5.10. The van der Waals surface area contributed by atoms with Gasteiger partial charge in [0.1, 0.15) is 5.82 Å². The summed E-state index contributed by atoms with van der Waals surface area (Å²) in [7, 11) is 1.84. The van der Waals surface area contributed by atoms with E-state index >= 15 is 0 Å². The number of aryl methyl sites for hydroxylation is 1. The number of hydrogen-bond acceptors (Lipinski definition) is 3. The summed E-state index contributed by atoms with van der Waals surface area (Å²) in [6.45, 7) is 3.36. The summed E-state index contributed by atoms with van der Waals surface area (Å²) in [4.78, 5) is 4.25. The van der Waals surface area contributed by atoms with E-state index < -0.39 is 0 Å². The second-order valence-electron chi connectivity index (χ2n) is 3.46. The number of aliphatic hydroxyl groups excluding tert-OH is 1. The minimum atomic E-state index is -0.343. The summed E-state index contributed by atoms with van der Waals surface area (Å²) in [5.74, 6) is 1.06. The number of nitrogens with one attached hydrogen (secondary N) is 1. The van der Waals surface area contributed by atoms with Crippen molar-refractivity contribution in [1.82, 2.24) is 14.9 Å². The third-order valence-corrected chi connectivity index (χ3v) is 2.12. The number of aliphatic hydroxyl groups is 1. The standard InChI is InChI=1S/C10H19N3O/c1-3-4-10-12-5-6-13(10)8-9(14)7-11-2/h5-6,9,11,14H,3-4,7-8H2,1-2H3. The van der Waals surface area contributed by atoms with Crippen molar-refractivity contribution in [3.05, 3.63) is 18.2 Å². The third kappa shape index (κ3) is 3.12. The average molecular weight is 197 g/mol. The molecule has 0 bridgehead atoms. The van der Waals surface area contributed by atoms with E-state index in [1.165, 1.54) is 0 Å². The van der Waals surface area contributed by atoms with E-state index in [0.29, 0.717) is 13.1 Å². The van der Waals surface area contributed by atoms with Crippen LogP contribution in [0.15, 0.2) is 12.4 Å². The summed E-state index contributed by atoms with van der Waals surface area (Å²) in [6.07, 6.45) is 5.42. The summed E-state index contributed by atoms with van der Waals surface area (Å²) in [5, 5.41) is 12.6. The molecule has 1 rings (SSSR count). The third-order valence-electron chi connectivity index (χ3n) is 2.12. The Labute approximate surface area is 85.0 Å². The second kappa shape index (κ2) is 5.78. The molecule has 0 aliphatic rings. The van der Waals surface area contributed by atoms with Crippen molar-refractivity contribution in [2.45, 2.75) is 32.4 Å². The average Bonchev–Trinajstić information content (AvgIpc) is 2.54. The zero-order valence-corrected chi connectivity index (χ0v) is 8.90. The van der Waals surface area contributed by atoms with Gasteiger partial charge >= 0.3 is 0 Å². The van der Waals surface area contributed by atoms with Crippen LogP contribution >= 0.6 is 0 Å². The SMILES string of the molecule is CCCc1nccn1CC(O)CNC.